The van der Waals surface area contributed by atoms with Gasteiger partial charge in [0.2, 0.25) is 5.89 Å². The monoisotopic (exact) mass is 374 g/mol. The van der Waals surface area contributed by atoms with Crippen LogP contribution in [0, 0.1) is 6.92 Å². The number of rotatable bonds is 7. The number of amides is 1. The Morgan fingerprint density at radius 1 is 1.27 bits per heavy atom. The number of halogens is 1. The van der Waals surface area contributed by atoms with Gasteiger partial charge in [-0.25, -0.2) is 4.98 Å². The van der Waals surface area contributed by atoms with Crippen molar-refractivity contribution in [3.8, 4) is 11.5 Å². The average Bonchev–Trinajstić information content (AvgIpc) is 3.28. The summed E-state index contributed by atoms with van der Waals surface area (Å²) >= 11 is 5.91. The lowest BCUT2D eigenvalue weighted by Crippen LogP contribution is -2.34. The smallest absolute Gasteiger partial charge is 0.276 e. The molecule has 2 heterocycles. The second-order valence-electron chi connectivity index (χ2n) is 5.73. The van der Waals surface area contributed by atoms with E-state index in [1.165, 1.54) is 0 Å². The van der Waals surface area contributed by atoms with E-state index < -0.39 is 0 Å². The molecule has 6 nitrogen and oxygen atoms in total. The molecule has 0 fully saturated rings. The number of aryl methyl sites for hydroxylation is 1. The summed E-state index contributed by atoms with van der Waals surface area (Å²) in [5.41, 5.74) is 1.03. The van der Waals surface area contributed by atoms with E-state index >= 15 is 0 Å². The molecule has 0 aliphatic heterocycles. The summed E-state index contributed by atoms with van der Waals surface area (Å²) in [7, 11) is 1.59. The van der Waals surface area contributed by atoms with Crippen LogP contribution in [-0.4, -0.2) is 36.1 Å². The van der Waals surface area contributed by atoms with Crippen LogP contribution < -0.4 is 0 Å². The van der Waals surface area contributed by atoms with Crippen LogP contribution in [0.15, 0.2) is 51.5 Å². The molecule has 1 amide bonds. The van der Waals surface area contributed by atoms with Crippen molar-refractivity contribution in [1.29, 1.82) is 0 Å². The lowest BCUT2D eigenvalue weighted by molar-refractivity contribution is 0.0659. The molecule has 26 heavy (non-hydrogen) atoms. The standard InChI is InChI=1S/C19H19ClN2O4/c1-13-17(21-18(26-13)14-5-7-15(20)8-6-14)19(23)22(9-11-24-2)12-16-4-3-10-25-16/h3-8,10H,9,11-12H2,1-2H3. The highest BCUT2D eigenvalue weighted by Gasteiger charge is 2.24. The first kappa shape index (κ1) is 18.2. The number of aromatic nitrogens is 1. The second kappa shape index (κ2) is 8.21. The first-order valence-electron chi connectivity index (χ1n) is 8.12. The fourth-order valence-electron chi connectivity index (χ4n) is 2.51. The molecule has 0 saturated heterocycles. The van der Waals surface area contributed by atoms with Gasteiger partial charge in [0.15, 0.2) is 5.69 Å². The van der Waals surface area contributed by atoms with Gasteiger partial charge in [0.25, 0.3) is 5.91 Å². The number of benzene rings is 1. The van der Waals surface area contributed by atoms with E-state index in [9.17, 15) is 4.79 Å². The van der Waals surface area contributed by atoms with E-state index in [-0.39, 0.29) is 11.6 Å². The summed E-state index contributed by atoms with van der Waals surface area (Å²) in [6.07, 6.45) is 1.58. The molecule has 0 aliphatic carbocycles. The van der Waals surface area contributed by atoms with E-state index in [2.05, 4.69) is 4.98 Å². The van der Waals surface area contributed by atoms with Crippen molar-refractivity contribution in [2.24, 2.45) is 0 Å². The number of carbonyl (C=O) groups excluding carboxylic acids is 1. The molecule has 7 heteroatoms. The zero-order valence-corrected chi connectivity index (χ0v) is 15.3. The summed E-state index contributed by atoms with van der Waals surface area (Å²) in [5.74, 6) is 1.29. The Hall–Kier alpha value is -2.57. The van der Waals surface area contributed by atoms with Crippen molar-refractivity contribution in [2.75, 3.05) is 20.3 Å². The number of furan rings is 1. The van der Waals surface area contributed by atoms with Crippen LogP contribution in [0.2, 0.25) is 5.02 Å². The summed E-state index contributed by atoms with van der Waals surface area (Å²) < 4.78 is 16.2. The highest BCUT2D eigenvalue weighted by atomic mass is 35.5. The largest absolute Gasteiger partial charge is 0.467 e. The van der Waals surface area contributed by atoms with E-state index in [4.69, 9.17) is 25.2 Å². The summed E-state index contributed by atoms with van der Waals surface area (Å²) in [5, 5.41) is 0.623. The highest BCUT2D eigenvalue weighted by molar-refractivity contribution is 6.30. The van der Waals surface area contributed by atoms with Crippen molar-refractivity contribution < 1.29 is 18.4 Å². The predicted octanol–water partition coefficient (Wildman–Crippen LogP) is 4.19. The highest BCUT2D eigenvalue weighted by Crippen LogP contribution is 2.24. The van der Waals surface area contributed by atoms with Crippen LogP contribution in [0.25, 0.3) is 11.5 Å². The summed E-state index contributed by atoms with van der Waals surface area (Å²) in [6, 6.07) is 10.7. The fraction of sp³-hybridized carbons (Fsp3) is 0.263. The lowest BCUT2D eigenvalue weighted by Gasteiger charge is -2.20. The van der Waals surface area contributed by atoms with Gasteiger partial charge < -0.3 is 18.5 Å². The number of oxazole rings is 1. The van der Waals surface area contributed by atoms with Crippen molar-refractivity contribution >= 4 is 17.5 Å². The number of hydrogen-bond donors (Lipinski definition) is 0. The van der Waals surface area contributed by atoms with Gasteiger partial charge in [-0.1, -0.05) is 11.6 Å². The Morgan fingerprint density at radius 2 is 2.04 bits per heavy atom. The van der Waals surface area contributed by atoms with Crippen molar-refractivity contribution in [2.45, 2.75) is 13.5 Å². The molecule has 0 N–H and O–H groups in total. The molecular formula is C19H19ClN2O4. The van der Waals surface area contributed by atoms with Gasteiger partial charge in [0, 0.05) is 24.2 Å². The van der Waals surface area contributed by atoms with E-state index in [0.29, 0.717) is 42.1 Å². The minimum atomic E-state index is -0.236. The number of ether oxygens (including phenoxy) is 1. The van der Waals surface area contributed by atoms with Crippen LogP contribution in [0.4, 0.5) is 0 Å². The minimum absolute atomic E-state index is 0.236. The molecule has 0 bridgehead atoms. The Morgan fingerprint density at radius 3 is 2.69 bits per heavy atom. The van der Waals surface area contributed by atoms with Crippen molar-refractivity contribution in [3.63, 3.8) is 0 Å². The predicted molar refractivity (Wildman–Crippen MR) is 97.0 cm³/mol. The van der Waals surface area contributed by atoms with E-state index in [0.717, 1.165) is 5.56 Å². The third kappa shape index (κ3) is 4.15. The molecule has 0 atom stereocenters. The Labute approximate surface area is 156 Å². The van der Waals surface area contributed by atoms with Crippen LogP contribution in [-0.2, 0) is 11.3 Å². The second-order valence-corrected chi connectivity index (χ2v) is 6.17. The Balaban J connectivity index is 1.85. The molecule has 3 rings (SSSR count). The van der Waals surface area contributed by atoms with Gasteiger partial charge in [-0.2, -0.15) is 0 Å². The third-order valence-corrected chi connectivity index (χ3v) is 4.12. The quantitative estimate of drug-likeness (QED) is 0.620. The maximum absolute atomic E-state index is 13.0. The first-order valence-corrected chi connectivity index (χ1v) is 8.50. The SMILES string of the molecule is COCCN(Cc1ccco1)C(=O)c1nc(-c2ccc(Cl)cc2)oc1C. The Kier molecular flexibility index (Phi) is 5.75. The number of nitrogens with zero attached hydrogens (tertiary/aromatic N) is 2. The van der Waals surface area contributed by atoms with Gasteiger partial charge in [-0.3, -0.25) is 4.79 Å². The zero-order valence-electron chi connectivity index (χ0n) is 14.6. The van der Waals surface area contributed by atoms with Crippen molar-refractivity contribution in [3.05, 3.63) is 64.9 Å². The Bertz CT molecular complexity index is 856. The zero-order chi connectivity index (χ0) is 18.5. The summed E-state index contributed by atoms with van der Waals surface area (Å²) in [6.45, 7) is 2.88. The van der Waals surface area contributed by atoms with Gasteiger partial charge in [-0.15, -0.1) is 0 Å². The molecule has 2 aromatic heterocycles. The molecule has 0 unspecified atom stereocenters. The fourth-order valence-corrected chi connectivity index (χ4v) is 2.63. The van der Waals surface area contributed by atoms with Gasteiger partial charge >= 0.3 is 0 Å². The van der Waals surface area contributed by atoms with E-state index in [1.807, 2.05) is 6.07 Å². The maximum Gasteiger partial charge on any atom is 0.276 e. The molecule has 0 spiro atoms. The molecular weight excluding hydrogens is 356 g/mol. The number of hydrogen-bond acceptors (Lipinski definition) is 5. The van der Waals surface area contributed by atoms with Gasteiger partial charge in [0.1, 0.15) is 11.5 Å². The maximum atomic E-state index is 13.0. The summed E-state index contributed by atoms with van der Waals surface area (Å²) in [4.78, 5) is 19.0. The molecule has 136 valence electrons. The van der Waals surface area contributed by atoms with Crippen LogP contribution >= 0.6 is 11.6 Å². The topological polar surface area (TPSA) is 68.7 Å². The number of methoxy groups -OCH3 is 1. The number of carbonyl (C=O) groups is 1. The molecule has 0 radical (unpaired) electrons. The molecule has 1 aromatic carbocycles. The minimum Gasteiger partial charge on any atom is -0.467 e. The van der Waals surface area contributed by atoms with Crippen LogP contribution in [0.5, 0.6) is 0 Å². The van der Waals surface area contributed by atoms with Crippen molar-refractivity contribution in [1.82, 2.24) is 9.88 Å². The first-order chi connectivity index (χ1) is 12.6. The van der Waals surface area contributed by atoms with E-state index in [1.54, 1.807) is 55.5 Å². The third-order valence-electron chi connectivity index (χ3n) is 3.87. The van der Waals surface area contributed by atoms with Crippen LogP contribution in [0.3, 0.4) is 0 Å². The van der Waals surface area contributed by atoms with Gasteiger partial charge in [-0.05, 0) is 43.3 Å². The normalized spacial score (nSPS) is 10.9. The van der Waals surface area contributed by atoms with Gasteiger partial charge in [0.05, 0.1) is 19.4 Å². The molecule has 0 aliphatic rings. The molecule has 0 saturated carbocycles. The average molecular weight is 375 g/mol. The molecule has 3 aromatic rings. The lowest BCUT2D eigenvalue weighted by atomic mass is 10.2. The van der Waals surface area contributed by atoms with Crippen LogP contribution in [0.1, 0.15) is 22.0 Å².